The highest BCUT2D eigenvalue weighted by Crippen LogP contribution is 2.36. The fourth-order valence-corrected chi connectivity index (χ4v) is 5.80. The summed E-state index contributed by atoms with van der Waals surface area (Å²) in [5.41, 5.74) is 8.57. The quantitative estimate of drug-likeness (QED) is 0.110. The van der Waals surface area contributed by atoms with Crippen LogP contribution in [0, 0.1) is 13.8 Å². The molecule has 10 heteroatoms. The van der Waals surface area contributed by atoms with Gasteiger partial charge in [-0.1, -0.05) is 62.4 Å². The van der Waals surface area contributed by atoms with E-state index in [1.807, 2.05) is 92.7 Å². The molecule has 2 amide bonds. The number of hydrogen-bond donors (Lipinski definition) is 5. The van der Waals surface area contributed by atoms with Crippen molar-refractivity contribution in [2.75, 3.05) is 36.8 Å². The van der Waals surface area contributed by atoms with Gasteiger partial charge in [-0.25, -0.2) is 0 Å². The second-order valence-corrected chi connectivity index (χ2v) is 11.3. The first-order valence-corrected chi connectivity index (χ1v) is 15.6. The molecule has 3 heterocycles. The van der Waals surface area contributed by atoms with Crippen molar-refractivity contribution in [3.8, 4) is 22.8 Å². The Kier molecular flexibility index (Phi) is 8.80. The summed E-state index contributed by atoms with van der Waals surface area (Å²) in [5.74, 6) is 1.08. The summed E-state index contributed by atoms with van der Waals surface area (Å²) in [6, 6.07) is 23.6. The molecular formula is C36H38N8O2. The lowest BCUT2D eigenvalue weighted by molar-refractivity contribution is -0.110. The summed E-state index contributed by atoms with van der Waals surface area (Å²) in [4.78, 5) is 35.0. The van der Waals surface area contributed by atoms with Crippen molar-refractivity contribution in [2.45, 2.75) is 27.7 Å². The van der Waals surface area contributed by atoms with Crippen molar-refractivity contribution in [3.05, 3.63) is 101 Å². The minimum Gasteiger partial charge on any atom is -0.358 e. The van der Waals surface area contributed by atoms with Crippen LogP contribution in [0.3, 0.4) is 0 Å². The fraction of sp³-hybridized carbons (Fsp3) is 0.222. The molecule has 3 aromatic carbocycles. The van der Waals surface area contributed by atoms with Crippen LogP contribution in [0.4, 0.5) is 17.1 Å². The number of H-pyrrole nitrogens is 2. The number of likely N-dealkylation sites (N-methyl/N-ethyl adjacent to an activating group) is 1. The predicted molar refractivity (Wildman–Crippen MR) is 184 cm³/mol. The summed E-state index contributed by atoms with van der Waals surface area (Å²) < 4.78 is 0. The molecule has 0 fully saturated rings. The lowest BCUT2D eigenvalue weighted by Gasteiger charge is -2.18. The number of aromatic nitrogens is 4. The molecule has 1 aliphatic rings. The Morgan fingerprint density at radius 1 is 0.870 bits per heavy atom. The topological polar surface area (TPSA) is 131 Å². The largest absolute Gasteiger partial charge is 0.358 e. The zero-order chi connectivity index (χ0) is 32.2. The van der Waals surface area contributed by atoms with Crippen LogP contribution in [0.5, 0.6) is 0 Å². The average Bonchev–Trinajstić information content (AvgIpc) is 3.75. The highest BCUT2D eigenvalue weighted by atomic mass is 16.2. The van der Waals surface area contributed by atoms with Gasteiger partial charge >= 0.3 is 0 Å². The molecule has 5 N–H and O–H groups in total. The Bertz CT molecular complexity index is 1920. The van der Waals surface area contributed by atoms with Crippen molar-refractivity contribution >= 4 is 40.5 Å². The number of hydrogen-bond acceptors (Lipinski definition) is 6. The number of anilines is 3. The van der Waals surface area contributed by atoms with Crippen molar-refractivity contribution in [2.24, 2.45) is 0 Å². The molecule has 10 nitrogen and oxygen atoms in total. The van der Waals surface area contributed by atoms with E-state index in [0.717, 1.165) is 70.3 Å². The van der Waals surface area contributed by atoms with Crippen LogP contribution in [0.25, 0.3) is 34.4 Å². The second-order valence-electron chi connectivity index (χ2n) is 11.3. The van der Waals surface area contributed by atoms with E-state index in [1.165, 1.54) is 0 Å². The second kappa shape index (κ2) is 13.3. The first-order chi connectivity index (χ1) is 22.3. The van der Waals surface area contributed by atoms with Crippen LogP contribution in [-0.2, 0) is 4.79 Å². The van der Waals surface area contributed by atoms with Crippen molar-refractivity contribution in [1.82, 2.24) is 30.4 Å². The Labute approximate surface area is 268 Å². The lowest BCUT2D eigenvalue weighted by atomic mass is 10.0. The number of carbonyl (C=O) groups excluding carboxylic acids is 2. The standard InChI is InChI=1S/C36H38N8O2/c1-5-44(6-2)18-17-37-36(46)32-22(3)30(38-23(32)4)21-29-28-16-15-27(20-31(28)40-35(29)45)39-26-14-10-13-25(19-26)34-41-33(42-43-34)24-11-8-7-9-12-24/h7-16,19-21,38-39H,5-6,17-18H2,1-4H3,(H,37,46)(H,40,45)(H,41,42,43)/b29-21-. The summed E-state index contributed by atoms with van der Waals surface area (Å²) in [5, 5.41) is 18.1. The van der Waals surface area contributed by atoms with Gasteiger partial charge in [0.2, 0.25) is 0 Å². The van der Waals surface area contributed by atoms with Gasteiger partial charge in [0, 0.05) is 52.5 Å². The third-order valence-corrected chi connectivity index (χ3v) is 8.36. The molecule has 0 saturated carbocycles. The monoisotopic (exact) mass is 614 g/mol. The van der Waals surface area contributed by atoms with Gasteiger partial charge in [0.15, 0.2) is 11.6 Å². The van der Waals surface area contributed by atoms with E-state index in [-0.39, 0.29) is 11.8 Å². The van der Waals surface area contributed by atoms with Crippen molar-refractivity contribution in [3.63, 3.8) is 0 Å². The molecule has 0 atom stereocenters. The smallest absolute Gasteiger partial charge is 0.256 e. The third-order valence-electron chi connectivity index (χ3n) is 8.36. The van der Waals surface area contributed by atoms with E-state index in [9.17, 15) is 9.59 Å². The number of rotatable bonds is 11. The van der Waals surface area contributed by atoms with Gasteiger partial charge in [-0.15, -0.1) is 10.2 Å². The number of carbonyl (C=O) groups is 2. The highest BCUT2D eigenvalue weighted by Gasteiger charge is 2.26. The molecule has 0 unspecified atom stereocenters. The Morgan fingerprint density at radius 2 is 1.59 bits per heavy atom. The van der Waals surface area contributed by atoms with E-state index in [0.29, 0.717) is 29.3 Å². The predicted octanol–water partition coefficient (Wildman–Crippen LogP) is 6.39. The first kappa shape index (κ1) is 30.5. The summed E-state index contributed by atoms with van der Waals surface area (Å²) in [7, 11) is 0. The van der Waals surface area contributed by atoms with Gasteiger partial charge in [-0.05, 0) is 62.8 Å². The van der Waals surface area contributed by atoms with Gasteiger partial charge in [0.1, 0.15) is 0 Å². The van der Waals surface area contributed by atoms with Crippen LogP contribution in [0.1, 0.15) is 46.7 Å². The third kappa shape index (κ3) is 6.33. The summed E-state index contributed by atoms with van der Waals surface area (Å²) in [6.07, 6.45) is 1.83. The average molecular weight is 615 g/mol. The summed E-state index contributed by atoms with van der Waals surface area (Å²) in [6.45, 7) is 11.3. The van der Waals surface area contributed by atoms with Gasteiger partial charge < -0.3 is 30.8 Å². The van der Waals surface area contributed by atoms with Gasteiger partial charge in [-0.2, -0.15) is 0 Å². The Morgan fingerprint density at radius 3 is 2.35 bits per heavy atom. The van der Waals surface area contributed by atoms with Crippen LogP contribution < -0.4 is 16.0 Å². The highest BCUT2D eigenvalue weighted by molar-refractivity contribution is 6.35. The molecule has 46 heavy (non-hydrogen) atoms. The normalized spacial score (nSPS) is 13.2. The van der Waals surface area contributed by atoms with E-state index >= 15 is 0 Å². The number of aryl methyl sites for hydroxylation is 1. The molecule has 0 radical (unpaired) electrons. The first-order valence-electron chi connectivity index (χ1n) is 15.6. The fourth-order valence-electron chi connectivity index (χ4n) is 5.80. The Balaban J connectivity index is 1.17. The number of fused-ring (bicyclic) bond motifs is 1. The molecule has 0 saturated heterocycles. The van der Waals surface area contributed by atoms with E-state index in [4.69, 9.17) is 0 Å². The number of benzene rings is 3. The molecule has 1 aliphatic heterocycles. The molecular weight excluding hydrogens is 576 g/mol. The minimum atomic E-state index is -0.189. The number of nitrogens with one attached hydrogen (secondary N) is 5. The Hall–Kier alpha value is -5.48. The maximum atomic E-state index is 13.1. The summed E-state index contributed by atoms with van der Waals surface area (Å²) >= 11 is 0. The number of aromatic amines is 2. The van der Waals surface area contributed by atoms with Crippen molar-refractivity contribution < 1.29 is 9.59 Å². The maximum Gasteiger partial charge on any atom is 0.256 e. The van der Waals surface area contributed by atoms with Crippen LogP contribution in [0.15, 0.2) is 72.8 Å². The van der Waals surface area contributed by atoms with E-state index in [1.54, 1.807) is 0 Å². The molecule has 5 aromatic rings. The SMILES string of the molecule is CCN(CC)CCNC(=O)c1c(C)[nH]c(/C=C2\C(=O)Nc3cc(Nc4cccc(-c5nnc(-c6ccccc6)[nH]5)c4)ccc32)c1C. The number of nitrogens with zero attached hydrogens (tertiary/aromatic N) is 3. The van der Waals surface area contributed by atoms with E-state index < -0.39 is 0 Å². The molecule has 0 aliphatic carbocycles. The minimum absolute atomic E-state index is 0.112. The number of amides is 2. The molecule has 234 valence electrons. The molecule has 0 spiro atoms. The zero-order valence-corrected chi connectivity index (χ0v) is 26.5. The van der Waals surface area contributed by atoms with Crippen LogP contribution in [-0.4, -0.2) is 63.1 Å². The molecule has 2 aromatic heterocycles. The van der Waals surface area contributed by atoms with Crippen LogP contribution in [0.2, 0.25) is 0 Å². The van der Waals surface area contributed by atoms with Crippen molar-refractivity contribution in [1.29, 1.82) is 0 Å². The van der Waals surface area contributed by atoms with Gasteiger partial charge in [0.05, 0.1) is 16.8 Å². The maximum absolute atomic E-state index is 13.1. The zero-order valence-electron chi connectivity index (χ0n) is 26.5. The molecule has 6 rings (SSSR count). The van der Waals surface area contributed by atoms with Gasteiger partial charge in [0.25, 0.3) is 11.8 Å². The van der Waals surface area contributed by atoms with Gasteiger partial charge in [-0.3, -0.25) is 9.59 Å². The lowest BCUT2D eigenvalue weighted by Crippen LogP contribution is -2.35. The van der Waals surface area contributed by atoms with E-state index in [2.05, 4.69) is 54.9 Å². The molecule has 0 bridgehead atoms. The van der Waals surface area contributed by atoms with Crippen LogP contribution >= 0.6 is 0 Å².